The normalized spacial score (nSPS) is 19.0. The molecule has 31 heavy (non-hydrogen) atoms. The molecule has 2 aromatic rings. The Morgan fingerprint density at radius 2 is 1.97 bits per heavy atom. The Balaban J connectivity index is 1.28. The number of carbonyl (C=O) groups is 3. The van der Waals surface area contributed by atoms with Crippen molar-refractivity contribution in [2.24, 2.45) is 5.92 Å². The summed E-state index contributed by atoms with van der Waals surface area (Å²) < 4.78 is 5.86. The number of nitrogens with zero attached hydrogens (tertiary/aromatic N) is 4. The zero-order valence-corrected chi connectivity index (χ0v) is 18.7. The van der Waals surface area contributed by atoms with Crippen molar-refractivity contribution < 1.29 is 19.1 Å². The number of hydrogen-bond acceptors (Lipinski definition) is 8. The lowest BCUT2D eigenvalue weighted by molar-refractivity contribution is -0.132. The lowest BCUT2D eigenvalue weighted by atomic mass is 10.1. The monoisotopic (exact) mass is 461 g/mol. The van der Waals surface area contributed by atoms with Gasteiger partial charge in [-0.2, -0.15) is 0 Å². The molecule has 0 bridgehead atoms. The van der Waals surface area contributed by atoms with Crippen molar-refractivity contribution in [1.29, 1.82) is 0 Å². The summed E-state index contributed by atoms with van der Waals surface area (Å²) in [5.41, 5.74) is 1.91. The number of thioether (sulfide) groups is 1. The summed E-state index contributed by atoms with van der Waals surface area (Å²) in [5.74, 6) is -0.462. The second-order valence-electron chi connectivity index (χ2n) is 7.39. The number of aromatic nitrogens is 2. The predicted octanol–water partition coefficient (Wildman–Crippen LogP) is 1.79. The molecule has 1 atom stereocenters. The number of ether oxygens (including phenoxy) is 1. The van der Waals surface area contributed by atoms with Crippen LogP contribution in [0.25, 0.3) is 0 Å². The Morgan fingerprint density at radius 3 is 2.71 bits per heavy atom. The Hall–Kier alpha value is -2.50. The molecule has 1 N–H and O–H groups in total. The summed E-state index contributed by atoms with van der Waals surface area (Å²) in [6, 6.07) is 7.67. The topological polar surface area (TPSA) is 105 Å². The van der Waals surface area contributed by atoms with Crippen LogP contribution < -0.4 is 10.2 Å². The van der Waals surface area contributed by atoms with Gasteiger partial charge in [0.2, 0.25) is 22.9 Å². The summed E-state index contributed by atoms with van der Waals surface area (Å²) in [6.07, 6.45) is 0.161. The van der Waals surface area contributed by atoms with E-state index in [4.69, 9.17) is 4.74 Å². The highest BCUT2D eigenvalue weighted by atomic mass is 32.2. The van der Waals surface area contributed by atoms with Crippen LogP contribution in [-0.4, -0.2) is 71.4 Å². The molecule has 0 saturated carbocycles. The largest absolute Gasteiger partial charge is 0.378 e. The van der Waals surface area contributed by atoms with E-state index >= 15 is 0 Å². The van der Waals surface area contributed by atoms with Gasteiger partial charge >= 0.3 is 0 Å². The van der Waals surface area contributed by atoms with E-state index in [-0.39, 0.29) is 29.9 Å². The summed E-state index contributed by atoms with van der Waals surface area (Å²) in [7, 11) is 0. The quantitative estimate of drug-likeness (QED) is 0.517. The molecule has 164 valence electrons. The van der Waals surface area contributed by atoms with Crippen molar-refractivity contribution in [2.45, 2.75) is 17.7 Å². The van der Waals surface area contributed by atoms with Crippen molar-refractivity contribution in [1.82, 2.24) is 15.1 Å². The van der Waals surface area contributed by atoms with Gasteiger partial charge in [0.1, 0.15) is 0 Å². The van der Waals surface area contributed by atoms with Gasteiger partial charge in [0, 0.05) is 31.7 Å². The lowest BCUT2D eigenvalue weighted by Crippen LogP contribution is -2.41. The number of benzene rings is 1. The minimum absolute atomic E-state index is 0.0368. The summed E-state index contributed by atoms with van der Waals surface area (Å²) >= 11 is 2.52. The van der Waals surface area contributed by atoms with Crippen LogP contribution in [0.2, 0.25) is 0 Å². The second kappa shape index (κ2) is 9.75. The smallest absolute Gasteiger partial charge is 0.233 e. The molecule has 1 aromatic carbocycles. The number of aryl methyl sites for hydroxylation is 1. The predicted molar refractivity (Wildman–Crippen MR) is 118 cm³/mol. The molecule has 0 unspecified atom stereocenters. The number of anilines is 2. The van der Waals surface area contributed by atoms with Gasteiger partial charge in [-0.15, -0.1) is 10.2 Å². The van der Waals surface area contributed by atoms with Gasteiger partial charge in [0.15, 0.2) is 4.34 Å². The third-order valence-electron chi connectivity index (χ3n) is 5.16. The highest BCUT2D eigenvalue weighted by Crippen LogP contribution is 2.29. The average Bonchev–Trinajstić information content (AvgIpc) is 3.39. The summed E-state index contributed by atoms with van der Waals surface area (Å²) in [4.78, 5) is 40.7. The van der Waals surface area contributed by atoms with Gasteiger partial charge in [-0.25, -0.2) is 0 Å². The molecule has 2 aliphatic rings. The maximum absolute atomic E-state index is 12.6. The molecule has 0 spiro atoms. The van der Waals surface area contributed by atoms with E-state index in [1.165, 1.54) is 23.1 Å². The van der Waals surface area contributed by atoms with E-state index in [9.17, 15) is 14.4 Å². The molecule has 0 aliphatic carbocycles. The molecule has 11 heteroatoms. The summed E-state index contributed by atoms with van der Waals surface area (Å²) in [5, 5.41) is 11.2. The summed E-state index contributed by atoms with van der Waals surface area (Å²) in [6.45, 7) is 4.67. The van der Waals surface area contributed by atoms with E-state index in [1.807, 2.05) is 31.2 Å². The standard InChI is InChI=1S/C20H23N5O4S2/c1-13-2-4-15(5-3-13)25-11-14(10-16(25)26)18(28)21-19-22-23-20(31-19)30-12-17(27)24-6-8-29-9-7-24/h2-5,14H,6-12H2,1H3,(H,21,22,28)/t14-/m0/s1. The fraction of sp³-hybridized carbons (Fsp3) is 0.450. The van der Waals surface area contributed by atoms with Gasteiger partial charge in [-0.1, -0.05) is 40.8 Å². The molecule has 9 nitrogen and oxygen atoms in total. The number of morpholine rings is 1. The van der Waals surface area contributed by atoms with E-state index in [0.717, 1.165) is 11.3 Å². The van der Waals surface area contributed by atoms with Crippen LogP contribution in [-0.2, 0) is 19.1 Å². The van der Waals surface area contributed by atoms with Crippen molar-refractivity contribution >= 4 is 51.6 Å². The van der Waals surface area contributed by atoms with Crippen molar-refractivity contribution in [3.8, 4) is 0 Å². The Labute approximate surface area is 188 Å². The van der Waals surface area contributed by atoms with Crippen molar-refractivity contribution in [2.75, 3.05) is 48.8 Å². The van der Waals surface area contributed by atoms with Crippen LogP contribution in [0.5, 0.6) is 0 Å². The number of carbonyl (C=O) groups excluding carboxylic acids is 3. The molecule has 2 aliphatic heterocycles. The molecule has 3 heterocycles. The first-order valence-electron chi connectivity index (χ1n) is 9.99. The first kappa shape index (κ1) is 21.7. The number of rotatable bonds is 6. The average molecular weight is 462 g/mol. The fourth-order valence-electron chi connectivity index (χ4n) is 3.41. The molecule has 3 amide bonds. The van der Waals surface area contributed by atoms with Crippen LogP contribution >= 0.6 is 23.1 Å². The second-order valence-corrected chi connectivity index (χ2v) is 9.59. The van der Waals surface area contributed by atoms with E-state index in [2.05, 4.69) is 15.5 Å². The number of amides is 3. The molecular weight excluding hydrogens is 438 g/mol. The fourth-order valence-corrected chi connectivity index (χ4v) is 5.07. The number of hydrogen-bond donors (Lipinski definition) is 1. The molecule has 4 rings (SSSR count). The molecular formula is C20H23N5O4S2. The van der Waals surface area contributed by atoms with Gasteiger partial charge in [-0.3, -0.25) is 14.4 Å². The highest BCUT2D eigenvalue weighted by Gasteiger charge is 2.35. The molecule has 2 saturated heterocycles. The van der Waals surface area contributed by atoms with Gasteiger partial charge < -0.3 is 19.9 Å². The van der Waals surface area contributed by atoms with Gasteiger partial charge in [-0.05, 0) is 19.1 Å². The first-order valence-corrected chi connectivity index (χ1v) is 11.8. The zero-order valence-electron chi connectivity index (χ0n) is 17.1. The van der Waals surface area contributed by atoms with Crippen LogP contribution in [0, 0.1) is 12.8 Å². The Bertz CT molecular complexity index is 959. The van der Waals surface area contributed by atoms with Gasteiger partial charge in [0.05, 0.1) is 24.9 Å². The Kier molecular flexibility index (Phi) is 6.83. The third-order valence-corrected chi connectivity index (χ3v) is 7.12. The van der Waals surface area contributed by atoms with Crippen molar-refractivity contribution in [3.63, 3.8) is 0 Å². The lowest BCUT2D eigenvalue weighted by Gasteiger charge is -2.26. The minimum atomic E-state index is -0.447. The minimum Gasteiger partial charge on any atom is -0.378 e. The van der Waals surface area contributed by atoms with Crippen LogP contribution in [0.4, 0.5) is 10.8 Å². The molecule has 2 fully saturated rings. The van der Waals surface area contributed by atoms with E-state index in [0.29, 0.717) is 42.3 Å². The van der Waals surface area contributed by atoms with E-state index in [1.54, 1.807) is 9.80 Å². The van der Waals surface area contributed by atoms with Crippen LogP contribution in [0.3, 0.4) is 0 Å². The third kappa shape index (κ3) is 5.41. The highest BCUT2D eigenvalue weighted by molar-refractivity contribution is 8.01. The van der Waals surface area contributed by atoms with Gasteiger partial charge in [0.25, 0.3) is 0 Å². The Morgan fingerprint density at radius 1 is 1.23 bits per heavy atom. The van der Waals surface area contributed by atoms with Crippen LogP contribution in [0.15, 0.2) is 28.6 Å². The SMILES string of the molecule is Cc1ccc(N2C[C@@H](C(=O)Nc3nnc(SCC(=O)N4CCOCC4)s3)CC2=O)cc1. The molecule has 0 radical (unpaired) electrons. The van der Waals surface area contributed by atoms with Crippen molar-refractivity contribution in [3.05, 3.63) is 29.8 Å². The van der Waals surface area contributed by atoms with Crippen LogP contribution in [0.1, 0.15) is 12.0 Å². The van der Waals surface area contributed by atoms with E-state index < -0.39 is 5.92 Å². The molecule has 1 aromatic heterocycles. The zero-order chi connectivity index (χ0) is 21.8. The number of nitrogens with one attached hydrogen (secondary N) is 1. The first-order chi connectivity index (χ1) is 15.0. The maximum atomic E-state index is 12.6. The maximum Gasteiger partial charge on any atom is 0.233 e.